The molecule has 0 bridgehead atoms. The van der Waals surface area contributed by atoms with Crippen molar-refractivity contribution in [3.63, 3.8) is 0 Å². The second-order valence-corrected chi connectivity index (χ2v) is 4.67. The zero-order valence-corrected chi connectivity index (χ0v) is 10.4. The van der Waals surface area contributed by atoms with Crippen LogP contribution in [-0.2, 0) is 4.79 Å². The lowest BCUT2D eigenvalue weighted by molar-refractivity contribution is -0.120. The molecule has 1 aliphatic rings. The highest BCUT2D eigenvalue weighted by Gasteiger charge is 2.28. The van der Waals surface area contributed by atoms with Gasteiger partial charge >= 0.3 is 0 Å². The molecular formula is C10H9BrN2OS. The zero-order chi connectivity index (χ0) is 11.0. The SMILES string of the molecule is Cc1cc(C2NC(=S)NC2=O)ccc1Br. The molecular weight excluding hydrogens is 276 g/mol. The molecule has 5 heteroatoms. The van der Waals surface area contributed by atoms with E-state index < -0.39 is 0 Å². The average molecular weight is 285 g/mol. The number of nitrogens with one attached hydrogen (secondary N) is 2. The third-order valence-corrected chi connectivity index (χ3v) is 3.40. The van der Waals surface area contributed by atoms with Gasteiger partial charge in [-0.05, 0) is 36.3 Å². The minimum Gasteiger partial charge on any atom is -0.347 e. The third-order valence-electron chi connectivity index (χ3n) is 2.29. The van der Waals surface area contributed by atoms with E-state index in [0.29, 0.717) is 5.11 Å². The van der Waals surface area contributed by atoms with Crippen LogP contribution in [0.3, 0.4) is 0 Å². The van der Waals surface area contributed by atoms with E-state index in [0.717, 1.165) is 15.6 Å². The van der Waals surface area contributed by atoms with Crippen LogP contribution in [0, 0.1) is 6.92 Å². The van der Waals surface area contributed by atoms with Gasteiger partial charge in [0, 0.05) is 4.47 Å². The number of carbonyl (C=O) groups excluding carboxylic acids is 1. The summed E-state index contributed by atoms with van der Waals surface area (Å²) < 4.78 is 1.03. The summed E-state index contributed by atoms with van der Waals surface area (Å²) in [4.78, 5) is 11.5. The van der Waals surface area contributed by atoms with Crippen molar-refractivity contribution in [2.45, 2.75) is 13.0 Å². The molecule has 1 fully saturated rings. The maximum Gasteiger partial charge on any atom is 0.253 e. The minimum atomic E-state index is -0.357. The molecule has 1 aliphatic heterocycles. The van der Waals surface area contributed by atoms with E-state index in [1.807, 2.05) is 25.1 Å². The Morgan fingerprint density at radius 3 is 2.73 bits per heavy atom. The molecule has 1 amide bonds. The molecule has 1 atom stereocenters. The number of benzene rings is 1. The first kappa shape index (κ1) is 10.6. The number of rotatable bonds is 1. The Kier molecular flexibility index (Phi) is 2.75. The van der Waals surface area contributed by atoms with Crippen LogP contribution in [-0.4, -0.2) is 11.0 Å². The highest BCUT2D eigenvalue weighted by Crippen LogP contribution is 2.22. The summed E-state index contributed by atoms with van der Waals surface area (Å²) >= 11 is 8.30. The summed E-state index contributed by atoms with van der Waals surface area (Å²) in [5.74, 6) is -0.0956. The van der Waals surface area contributed by atoms with Crippen LogP contribution in [0.15, 0.2) is 22.7 Å². The molecule has 1 unspecified atom stereocenters. The van der Waals surface area contributed by atoms with Crippen LogP contribution in [0.5, 0.6) is 0 Å². The number of halogens is 1. The summed E-state index contributed by atoms with van der Waals surface area (Å²) in [5.41, 5.74) is 2.02. The van der Waals surface area contributed by atoms with Crippen LogP contribution < -0.4 is 10.6 Å². The summed E-state index contributed by atoms with van der Waals surface area (Å²) in [7, 11) is 0. The van der Waals surface area contributed by atoms with Gasteiger partial charge in [-0.2, -0.15) is 0 Å². The summed E-state index contributed by atoms with van der Waals surface area (Å²) in [6, 6.07) is 5.45. The summed E-state index contributed by atoms with van der Waals surface area (Å²) in [5, 5.41) is 5.89. The molecule has 0 radical (unpaired) electrons. The molecule has 3 nitrogen and oxygen atoms in total. The van der Waals surface area contributed by atoms with Gasteiger partial charge in [0.15, 0.2) is 5.11 Å². The number of thiocarbonyl (C=S) groups is 1. The maximum atomic E-state index is 11.5. The van der Waals surface area contributed by atoms with Crippen LogP contribution in [0.25, 0.3) is 0 Å². The van der Waals surface area contributed by atoms with Crippen molar-refractivity contribution < 1.29 is 4.79 Å². The molecule has 0 saturated carbocycles. The van der Waals surface area contributed by atoms with Gasteiger partial charge in [0.05, 0.1) is 0 Å². The van der Waals surface area contributed by atoms with E-state index in [4.69, 9.17) is 12.2 Å². The lowest BCUT2D eigenvalue weighted by atomic mass is 10.1. The van der Waals surface area contributed by atoms with Gasteiger partial charge < -0.3 is 10.6 Å². The van der Waals surface area contributed by atoms with Gasteiger partial charge in [0.1, 0.15) is 6.04 Å². The molecule has 1 aromatic carbocycles. The van der Waals surface area contributed by atoms with E-state index in [2.05, 4.69) is 26.6 Å². The number of amides is 1. The molecule has 1 aromatic rings. The second kappa shape index (κ2) is 3.90. The van der Waals surface area contributed by atoms with E-state index >= 15 is 0 Å². The lowest BCUT2D eigenvalue weighted by Gasteiger charge is -2.09. The van der Waals surface area contributed by atoms with Gasteiger partial charge in [0.25, 0.3) is 5.91 Å². The Bertz CT molecular complexity index is 447. The first-order valence-electron chi connectivity index (χ1n) is 4.45. The topological polar surface area (TPSA) is 41.1 Å². The number of hydrogen-bond donors (Lipinski definition) is 2. The smallest absolute Gasteiger partial charge is 0.253 e. The third kappa shape index (κ3) is 2.03. The number of aryl methyl sites for hydroxylation is 1. The standard InChI is InChI=1S/C10H9BrN2OS/c1-5-4-6(2-3-7(5)11)8-9(14)13-10(15)12-8/h2-4,8H,1H3,(H2,12,13,14,15). The highest BCUT2D eigenvalue weighted by atomic mass is 79.9. The largest absolute Gasteiger partial charge is 0.347 e. The van der Waals surface area contributed by atoms with Gasteiger partial charge in [-0.3, -0.25) is 4.79 Å². The van der Waals surface area contributed by atoms with Crippen molar-refractivity contribution in [1.29, 1.82) is 0 Å². The number of hydrogen-bond acceptors (Lipinski definition) is 2. The summed E-state index contributed by atoms with van der Waals surface area (Å²) in [6.45, 7) is 1.98. The van der Waals surface area contributed by atoms with Gasteiger partial charge in [-0.15, -0.1) is 0 Å². The Labute approximate surface area is 101 Å². The average Bonchev–Trinajstić information content (AvgIpc) is 2.50. The maximum absolute atomic E-state index is 11.5. The van der Waals surface area contributed by atoms with Crippen LogP contribution in [0.2, 0.25) is 0 Å². The van der Waals surface area contributed by atoms with E-state index in [1.165, 1.54) is 0 Å². The Hall–Kier alpha value is -0.940. The van der Waals surface area contributed by atoms with Gasteiger partial charge in [-0.1, -0.05) is 28.1 Å². The minimum absolute atomic E-state index is 0.0956. The van der Waals surface area contributed by atoms with E-state index in [1.54, 1.807) is 0 Å². The van der Waals surface area contributed by atoms with Crippen molar-refractivity contribution in [2.75, 3.05) is 0 Å². The van der Waals surface area contributed by atoms with Crippen molar-refractivity contribution in [3.8, 4) is 0 Å². The molecule has 1 heterocycles. The Balaban J connectivity index is 2.34. The molecule has 2 N–H and O–H groups in total. The van der Waals surface area contributed by atoms with Crippen LogP contribution in [0.4, 0.5) is 0 Å². The fourth-order valence-corrected chi connectivity index (χ4v) is 1.96. The quantitative estimate of drug-likeness (QED) is 0.773. The van der Waals surface area contributed by atoms with Crippen LogP contribution >= 0.6 is 28.1 Å². The summed E-state index contributed by atoms with van der Waals surface area (Å²) in [6.07, 6.45) is 0. The highest BCUT2D eigenvalue weighted by molar-refractivity contribution is 9.10. The van der Waals surface area contributed by atoms with E-state index in [-0.39, 0.29) is 11.9 Å². The molecule has 0 spiro atoms. The zero-order valence-electron chi connectivity index (χ0n) is 8.00. The van der Waals surface area contributed by atoms with Gasteiger partial charge in [0.2, 0.25) is 0 Å². The fourth-order valence-electron chi connectivity index (χ4n) is 1.50. The lowest BCUT2D eigenvalue weighted by Crippen LogP contribution is -2.21. The first-order chi connectivity index (χ1) is 7.08. The van der Waals surface area contributed by atoms with Crippen molar-refractivity contribution in [2.24, 2.45) is 0 Å². The van der Waals surface area contributed by atoms with Crippen LogP contribution in [0.1, 0.15) is 17.2 Å². The molecule has 0 aromatic heterocycles. The second-order valence-electron chi connectivity index (χ2n) is 3.40. The molecule has 78 valence electrons. The molecule has 2 rings (SSSR count). The molecule has 15 heavy (non-hydrogen) atoms. The van der Waals surface area contributed by atoms with Crippen molar-refractivity contribution in [3.05, 3.63) is 33.8 Å². The van der Waals surface area contributed by atoms with Gasteiger partial charge in [-0.25, -0.2) is 0 Å². The fraction of sp³-hybridized carbons (Fsp3) is 0.200. The van der Waals surface area contributed by atoms with Crippen molar-refractivity contribution >= 4 is 39.2 Å². The molecule has 1 saturated heterocycles. The van der Waals surface area contributed by atoms with E-state index in [9.17, 15) is 4.79 Å². The van der Waals surface area contributed by atoms with Crippen molar-refractivity contribution in [1.82, 2.24) is 10.6 Å². The normalized spacial score (nSPS) is 20.0. The predicted octanol–water partition coefficient (Wildman–Crippen LogP) is 1.80. The Morgan fingerprint density at radius 1 is 1.47 bits per heavy atom. The Morgan fingerprint density at radius 2 is 2.20 bits per heavy atom. The molecule has 0 aliphatic carbocycles. The first-order valence-corrected chi connectivity index (χ1v) is 5.65. The monoisotopic (exact) mass is 284 g/mol. The number of carbonyl (C=O) groups is 1. The predicted molar refractivity (Wildman–Crippen MR) is 65.5 cm³/mol.